The largest absolute Gasteiger partial charge is 0.490 e. The molecule has 112 valence electrons. The number of nitrogens with two attached hydrogens (primary N) is 1. The smallest absolute Gasteiger partial charge is 0.122 e. The number of hydrogen-bond acceptors (Lipinski definition) is 4. The summed E-state index contributed by atoms with van der Waals surface area (Å²) in [5.41, 5.74) is 7.77. The third-order valence-corrected chi connectivity index (χ3v) is 3.11. The summed E-state index contributed by atoms with van der Waals surface area (Å²) in [6.07, 6.45) is 0. The molecular formula is C17H22N2O2. The average Bonchev–Trinajstić information content (AvgIpc) is 2.52. The molecule has 0 amide bonds. The summed E-state index contributed by atoms with van der Waals surface area (Å²) in [7, 11) is 4.01. The van der Waals surface area contributed by atoms with Gasteiger partial charge in [0.1, 0.15) is 24.7 Å². The van der Waals surface area contributed by atoms with Gasteiger partial charge in [-0.15, -0.1) is 0 Å². The van der Waals surface area contributed by atoms with Crippen molar-refractivity contribution in [2.75, 3.05) is 32.2 Å². The minimum Gasteiger partial charge on any atom is -0.490 e. The molecule has 2 aromatic carbocycles. The van der Waals surface area contributed by atoms with Crippen LogP contribution in [0.25, 0.3) is 0 Å². The molecule has 2 N–H and O–H groups in total. The molecule has 21 heavy (non-hydrogen) atoms. The van der Waals surface area contributed by atoms with Crippen molar-refractivity contribution in [3.05, 3.63) is 54.1 Å². The van der Waals surface area contributed by atoms with Crippen LogP contribution in [0.1, 0.15) is 5.56 Å². The van der Waals surface area contributed by atoms with E-state index >= 15 is 0 Å². The molecule has 0 spiro atoms. The number of nitrogens with zero attached hydrogens (tertiary/aromatic N) is 1. The molecule has 0 aliphatic carbocycles. The van der Waals surface area contributed by atoms with Crippen LogP contribution in [0.15, 0.2) is 48.5 Å². The Bertz CT molecular complexity index is 553. The summed E-state index contributed by atoms with van der Waals surface area (Å²) in [6, 6.07) is 15.8. The fourth-order valence-corrected chi connectivity index (χ4v) is 1.89. The predicted octanol–water partition coefficient (Wildman–Crippen LogP) is 2.67. The predicted molar refractivity (Wildman–Crippen MR) is 86.1 cm³/mol. The van der Waals surface area contributed by atoms with Gasteiger partial charge < -0.3 is 20.1 Å². The molecule has 0 fully saturated rings. The topological polar surface area (TPSA) is 47.7 Å². The standard InChI is InChI=1S/C17H22N2O2/c1-19(2)15-4-3-5-17(12-15)21-11-10-20-16-8-6-14(13-18)7-9-16/h3-9,12H,10-11,13,18H2,1-2H3. The van der Waals surface area contributed by atoms with Crippen molar-refractivity contribution in [2.45, 2.75) is 6.54 Å². The zero-order valence-electron chi connectivity index (χ0n) is 12.6. The Morgan fingerprint density at radius 2 is 1.57 bits per heavy atom. The maximum Gasteiger partial charge on any atom is 0.122 e. The van der Waals surface area contributed by atoms with E-state index in [9.17, 15) is 0 Å². The number of anilines is 1. The van der Waals surface area contributed by atoms with E-state index in [2.05, 4.69) is 0 Å². The minimum atomic E-state index is 0.508. The molecule has 0 heterocycles. The lowest BCUT2D eigenvalue weighted by Gasteiger charge is -2.14. The highest BCUT2D eigenvalue weighted by Gasteiger charge is 1.99. The summed E-state index contributed by atoms with van der Waals surface area (Å²) in [4.78, 5) is 2.04. The molecule has 0 saturated heterocycles. The maximum absolute atomic E-state index is 5.69. The van der Waals surface area contributed by atoms with Gasteiger partial charge in [-0.1, -0.05) is 18.2 Å². The SMILES string of the molecule is CN(C)c1cccc(OCCOc2ccc(CN)cc2)c1. The van der Waals surface area contributed by atoms with Gasteiger partial charge in [0.25, 0.3) is 0 Å². The van der Waals surface area contributed by atoms with Crippen LogP contribution in [0.4, 0.5) is 5.69 Å². The first-order valence-electron chi connectivity index (χ1n) is 7.01. The quantitative estimate of drug-likeness (QED) is 0.795. The second-order valence-corrected chi connectivity index (χ2v) is 4.94. The zero-order chi connectivity index (χ0) is 15.1. The van der Waals surface area contributed by atoms with Crippen molar-refractivity contribution < 1.29 is 9.47 Å². The van der Waals surface area contributed by atoms with Gasteiger partial charge in [-0.3, -0.25) is 0 Å². The first-order valence-corrected chi connectivity index (χ1v) is 7.01. The highest BCUT2D eigenvalue weighted by Crippen LogP contribution is 2.19. The Labute approximate surface area is 126 Å². The van der Waals surface area contributed by atoms with Gasteiger partial charge in [0.2, 0.25) is 0 Å². The number of ether oxygens (including phenoxy) is 2. The van der Waals surface area contributed by atoms with Crippen LogP contribution in [-0.2, 0) is 6.54 Å². The van der Waals surface area contributed by atoms with Gasteiger partial charge in [-0.25, -0.2) is 0 Å². The molecule has 0 atom stereocenters. The van der Waals surface area contributed by atoms with Crippen molar-refractivity contribution in [1.29, 1.82) is 0 Å². The Morgan fingerprint density at radius 3 is 2.19 bits per heavy atom. The van der Waals surface area contributed by atoms with Crippen LogP contribution in [0.3, 0.4) is 0 Å². The lowest BCUT2D eigenvalue weighted by atomic mass is 10.2. The Balaban J connectivity index is 1.77. The second kappa shape index (κ2) is 7.55. The minimum absolute atomic E-state index is 0.508. The average molecular weight is 286 g/mol. The molecular weight excluding hydrogens is 264 g/mol. The monoisotopic (exact) mass is 286 g/mol. The van der Waals surface area contributed by atoms with E-state index in [1.807, 2.05) is 67.5 Å². The third-order valence-electron chi connectivity index (χ3n) is 3.11. The van der Waals surface area contributed by atoms with Crippen LogP contribution < -0.4 is 20.1 Å². The third kappa shape index (κ3) is 4.68. The van der Waals surface area contributed by atoms with Crippen molar-refractivity contribution in [2.24, 2.45) is 5.73 Å². The normalized spacial score (nSPS) is 10.2. The summed E-state index contributed by atoms with van der Waals surface area (Å²) in [5, 5.41) is 0. The van der Waals surface area contributed by atoms with Crippen molar-refractivity contribution in [3.63, 3.8) is 0 Å². The fourth-order valence-electron chi connectivity index (χ4n) is 1.89. The van der Waals surface area contributed by atoms with E-state index in [0.717, 1.165) is 22.7 Å². The number of hydrogen-bond donors (Lipinski definition) is 1. The summed E-state index contributed by atoms with van der Waals surface area (Å²) in [6.45, 7) is 1.56. The van der Waals surface area contributed by atoms with Crippen LogP contribution in [0.5, 0.6) is 11.5 Å². The Morgan fingerprint density at radius 1 is 0.905 bits per heavy atom. The summed E-state index contributed by atoms with van der Waals surface area (Å²) >= 11 is 0. The summed E-state index contributed by atoms with van der Waals surface area (Å²) in [5.74, 6) is 1.68. The Hall–Kier alpha value is -2.20. The van der Waals surface area contributed by atoms with Gasteiger partial charge in [-0.05, 0) is 29.8 Å². The zero-order valence-corrected chi connectivity index (χ0v) is 12.6. The molecule has 0 radical (unpaired) electrons. The first kappa shape index (κ1) is 15.2. The molecule has 2 rings (SSSR count). The fraction of sp³-hybridized carbons (Fsp3) is 0.294. The highest BCUT2D eigenvalue weighted by molar-refractivity contribution is 5.49. The molecule has 0 saturated carbocycles. The van der Waals surface area contributed by atoms with Gasteiger partial charge in [0.15, 0.2) is 0 Å². The second-order valence-electron chi connectivity index (χ2n) is 4.94. The van der Waals surface area contributed by atoms with E-state index in [-0.39, 0.29) is 0 Å². The van der Waals surface area contributed by atoms with Crippen molar-refractivity contribution in [3.8, 4) is 11.5 Å². The lowest BCUT2D eigenvalue weighted by Crippen LogP contribution is -2.11. The number of benzene rings is 2. The van der Waals surface area contributed by atoms with Gasteiger partial charge in [0, 0.05) is 32.4 Å². The van der Waals surface area contributed by atoms with E-state index in [0.29, 0.717) is 19.8 Å². The Kier molecular flexibility index (Phi) is 5.46. The molecule has 0 bridgehead atoms. The van der Waals surface area contributed by atoms with E-state index in [4.69, 9.17) is 15.2 Å². The van der Waals surface area contributed by atoms with E-state index < -0.39 is 0 Å². The van der Waals surface area contributed by atoms with Gasteiger partial charge in [0.05, 0.1) is 0 Å². The molecule has 0 aromatic heterocycles. The molecule has 0 aliphatic rings. The maximum atomic E-state index is 5.69. The van der Waals surface area contributed by atoms with Crippen LogP contribution in [-0.4, -0.2) is 27.3 Å². The molecule has 0 aliphatic heterocycles. The van der Waals surface area contributed by atoms with Crippen LogP contribution >= 0.6 is 0 Å². The molecule has 0 unspecified atom stereocenters. The van der Waals surface area contributed by atoms with E-state index in [1.54, 1.807) is 0 Å². The van der Waals surface area contributed by atoms with Crippen LogP contribution in [0.2, 0.25) is 0 Å². The highest BCUT2D eigenvalue weighted by atomic mass is 16.5. The van der Waals surface area contributed by atoms with Gasteiger partial charge >= 0.3 is 0 Å². The molecule has 4 nitrogen and oxygen atoms in total. The summed E-state index contributed by atoms with van der Waals surface area (Å²) < 4.78 is 11.3. The first-order chi connectivity index (χ1) is 10.2. The van der Waals surface area contributed by atoms with Crippen LogP contribution in [0, 0.1) is 0 Å². The van der Waals surface area contributed by atoms with Crippen molar-refractivity contribution in [1.82, 2.24) is 0 Å². The molecule has 2 aromatic rings. The number of rotatable bonds is 7. The van der Waals surface area contributed by atoms with E-state index in [1.165, 1.54) is 0 Å². The lowest BCUT2D eigenvalue weighted by molar-refractivity contribution is 0.217. The molecule has 4 heteroatoms. The van der Waals surface area contributed by atoms with Gasteiger partial charge in [-0.2, -0.15) is 0 Å². The van der Waals surface area contributed by atoms with Crippen molar-refractivity contribution >= 4 is 5.69 Å².